The van der Waals surface area contributed by atoms with Gasteiger partial charge in [-0.1, -0.05) is 53.0 Å². The monoisotopic (exact) mass is 587 g/mol. The van der Waals surface area contributed by atoms with E-state index in [2.05, 4.69) is 0 Å². The number of ether oxygens (including phenoxy) is 6. The largest absolute Gasteiger partial charge is 0.463 e. The van der Waals surface area contributed by atoms with E-state index in [9.17, 15) is 19.2 Å². The second kappa shape index (κ2) is 13.3. The Kier molecular flexibility index (Phi) is 11.0. The van der Waals surface area contributed by atoms with Crippen molar-refractivity contribution in [3.8, 4) is 0 Å². The molecule has 0 unspecified atom stereocenters. The molecule has 0 saturated carbocycles. The molecule has 1 aromatic rings. The van der Waals surface area contributed by atoms with E-state index >= 15 is 0 Å². The number of alkyl halides is 4. The second-order valence-electron chi connectivity index (χ2n) is 7.19. The number of nitrogens with one attached hydrogen (secondary N) is 1. The second-order valence-corrected chi connectivity index (χ2v) is 9.74. The molecule has 1 fully saturated rings. The standard InChI is InChI=1S/C21H21Cl4NO10/c1-10(27)31-9-13-15(32-11(2)28)16(34-14(29)8-22)17(19(33-13)36-20(26)21(23,24)25)35-18(30)12-6-4-3-5-7-12/h3-7,13,15-17,19,26H,8-9H2,1-2H3/t13-,15-,16+,17-,19-/m1/s1. The first-order valence-electron chi connectivity index (χ1n) is 10.1. The maximum absolute atomic E-state index is 12.9. The number of carbonyl (C=O) groups excluding carboxylic acids is 4. The highest BCUT2D eigenvalue weighted by atomic mass is 35.6. The molecule has 0 aromatic heterocycles. The lowest BCUT2D eigenvalue weighted by Crippen LogP contribution is -2.63. The van der Waals surface area contributed by atoms with E-state index in [1.807, 2.05) is 0 Å². The lowest BCUT2D eigenvalue weighted by Gasteiger charge is -2.44. The zero-order valence-corrected chi connectivity index (χ0v) is 21.8. The number of carbonyl (C=O) groups is 4. The van der Waals surface area contributed by atoms with Crippen molar-refractivity contribution >= 4 is 76.2 Å². The molecule has 1 heterocycles. The summed E-state index contributed by atoms with van der Waals surface area (Å²) in [5, 5.41) is 7.92. The summed E-state index contributed by atoms with van der Waals surface area (Å²) in [6, 6.07) is 7.69. The van der Waals surface area contributed by atoms with Crippen LogP contribution in [0.3, 0.4) is 0 Å². The first kappa shape index (κ1) is 29.9. The van der Waals surface area contributed by atoms with Gasteiger partial charge in [0.1, 0.15) is 18.6 Å². The molecule has 198 valence electrons. The van der Waals surface area contributed by atoms with Gasteiger partial charge in [-0.15, -0.1) is 11.6 Å². The smallest absolute Gasteiger partial charge is 0.338 e. The van der Waals surface area contributed by atoms with Crippen LogP contribution in [0.5, 0.6) is 0 Å². The van der Waals surface area contributed by atoms with Crippen molar-refractivity contribution < 1.29 is 47.6 Å². The van der Waals surface area contributed by atoms with Gasteiger partial charge < -0.3 is 28.4 Å². The summed E-state index contributed by atoms with van der Waals surface area (Å²) in [5.74, 6) is -4.98. The molecule has 0 radical (unpaired) electrons. The normalized spacial score (nSPS) is 23.7. The van der Waals surface area contributed by atoms with Gasteiger partial charge >= 0.3 is 23.9 Å². The van der Waals surface area contributed by atoms with Crippen molar-refractivity contribution in [2.24, 2.45) is 0 Å². The average Bonchev–Trinajstić information content (AvgIpc) is 2.80. The van der Waals surface area contributed by atoms with Crippen LogP contribution in [0.2, 0.25) is 0 Å². The zero-order valence-electron chi connectivity index (χ0n) is 18.8. The molecule has 1 aliphatic heterocycles. The number of benzene rings is 1. The minimum atomic E-state index is -2.35. The van der Waals surface area contributed by atoms with Gasteiger partial charge in [0.05, 0.1) is 5.56 Å². The van der Waals surface area contributed by atoms with E-state index < -0.39 is 76.8 Å². The van der Waals surface area contributed by atoms with E-state index in [0.29, 0.717) is 0 Å². The Morgan fingerprint density at radius 3 is 2.08 bits per heavy atom. The SMILES string of the molecule is CC(=O)OC[C@H]1O[C@H](OC(=N)C(Cl)(Cl)Cl)[C@H](OC(=O)c2ccccc2)[C@@H](OC(=O)CCl)[C@@H]1OC(C)=O. The Hall–Kier alpha value is -2.31. The predicted octanol–water partition coefficient (Wildman–Crippen LogP) is 2.95. The van der Waals surface area contributed by atoms with Gasteiger partial charge in [-0.2, -0.15) is 0 Å². The van der Waals surface area contributed by atoms with Gasteiger partial charge in [0, 0.05) is 13.8 Å². The Bertz CT molecular complexity index is 971. The highest BCUT2D eigenvalue weighted by Crippen LogP contribution is 2.34. The molecule has 15 heteroatoms. The average molecular weight is 589 g/mol. The van der Waals surface area contributed by atoms with Crippen LogP contribution in [0, 0.1) is 5.41 Å². The summed E-state index contributed by atoms with van der Waals surface area (Å²) in [7, 11) is 0. The molecule has 1 N–H and O–H groups in total. The maximum atomic E-state index is 12.9. The van der Waals surface area contributed by atoms with Gasteiger partial charge in [0.2, 0.25) is 18.3 Å². The molecule has 0 amide bonds. The van der Waals surface area contributed by atoms with Crippen molar-refractivity contribution in [2.75, 3.05) is 12.5 Å². The molecule has 11 nitrogen and oxygen atoms in total. The fourth-order valence-corrected chi connectivity index (χ4v) is 3.23. The molecule has 36 heavy (non-hydrogen) atoms. The molecule has 0 aliphatic carbocycles. The number of esters is 4. The molecule has 5 atom stereocenters. The molecular weight excluding hydrogens is 568 g/mol. The Morgan fingerprint density at radius 1 is 0.917 bits per heavy atom. The van der Waals surface area contributed by atoms with Crippen molar-refractivity contribution in [3.05, 3.63) is 35.9 Å². The fraction of sp³-hybridized carbons (Fsp3) is 0.476. The molecule has 1 aromatic carbocycles. The van der Waals surface area contributed by atoms with Gasteiger partial charge in [-0.05, 0) is 12.1 Å². The number of rotatable bonds is 8. The third-order valence-electron chi connectivity index (χ3n) is 4.46. The summed E-state index contributed by atoms with van der Waals surface area (Å²) < 4.78 is 29.8. The van der Waals surface area contributed by atoms with Crippen LogP contribution in [0.1, 0.15) is 24.2 Å². The maximum Gasteiger partial charge on any atom is 0.338 e. The van der Waals surface area contributed by atoms with Crippen LogP contribution in [0.25, 0.3) is 0 Å². The number of hydrogen-bond donors (Lipinski definition) is 1. The van der Waals surface area contributed by atoms with Crippen LogP contribution < -0.4 is 0 Å². The van der Waals surface area contributed by atoms with Gasteiger partial charge in [0.25, 0.3) is 3.79 Å². The summed E-state index contributed by atoms with van der Waals surface area (Å²) in [6.07, 6.45) is -7.82. The first-order chi connectivity index (χ1) is 16.8. The molecular formula is C21H21Cl4NO10. The predicted molar refractivity (Wildman–Crippen MR) is 126 cm³/mol. The van der Waals surface area contributed by atoms with Crippen molar-refractivity contribution in [2.45, 2.75) is 48.3 Å². The van der Waals surface area contributed by atoms with Crippen molar-refractivity contribution in [1.29, 1.82) is 5.41 Å². The molecule has 2 rings (SSSR count). The Labute approximate surface area is 225 Å². The molecule has 0 spiro atoms. The van der Waals surface area contributed by atoms with Gasteiger partial charge in [0.15, 0.2) is 12.2 Å². The van der Waals surface area contributed by atoms with E-state index in [-0.39, 0.29) is 5.56 Å². The van der Waals surface area contributed by atoms with Crippen LogP contribution in [-0.2, 0) is 42.8 Å². The van der Waals surface area contributed by atoms with Crippen LogP contribution in [0.15, 0.2) is 30.3 Å². The van der Waals surface area contributed by atoms with E-state index in [1.165, 1.54) is 12.1 Å². The highest BCUT2D eigenvalue weighted by Gasteiger charge is 2.54. The first-order valence-corrected chi connectivity index (χ1v) is 11.8. The summed E-state index contributed by atoms with van der Waals surface area (Å²) in [5.41, 5.74) is 0.0983. The number of hydrogen-bond acceptors (Lipinski definition) is 11. The van der Waals surface area contributed by atoms with Crippen molar-refractivity contribution in [3.63, 3.8) is 0 Å². The quantitative estimate of drug-likeness (QED) is 0.158. The highest BCUT2D eigenvalue weighted by molar-refractivity contribution is 6.76. The van der Waals surface area contributed by atoms with E-state index in [4.69, 9.17) is 80.2 Å². The van der Waals surface area contributed by atoms with Crippen LogP contribution in [-0.4, -0.2) is 76.8 Å². The van der Waals surface area contributed by atoms with E-state index in [1.54, 1.807) is 18.2 Å². The molecule has 1 aliphatic rings. The molecule has 1 saturated heterocycles. The molecule has 0 bridgehead atoms. The Balaban J connectivity index is 2.53. The minimum absolute atomic E-state index is 0.0983. The third kappa shape index (κ3) is 8.67. The third-order valence-corrected chi connectivity index (χ3v) is 5.20. The van der Waals surface area contributed by atoms with Crippen LogP contribution in [0.4, 0.5) is 0 Å². The lowest BCUT2D eigenvalue weighted by atomic mass is 9.98. The number of halogens is 4. The Morgan fingerprint density at radius 2 is 1.56 bits per heavy atom. The van der Waals surface area contributed by atoms with Crippen molar-refractivity contribution in [1.82, 2.24) is 0 Å². The summed E-state index contributed by atoms with van der Waals surface area (Å²) in [6.45, 7) is 1.67. The van der Waals surface area contributed by atoms with Crippen LogP contribution >= 0.6 is 46.4 Å². The lowest BCUT2D eigenvalue weighted by molar-refractivity contribution is -0.287. The van der Waals surface area contributed by atoms with Gasteiger partial charge in [-0.3, -0.25) is 19.8 Å². The van der Waals surface area contributed by atoms with E-state index in [0.717, 1.165) is 13.8 Å². The topological polar surface area (TPSA) is 148 Å². The minimum Gasteiger partial charge on any atom is -0.463 e. The summed E-state index contributed by atoms with van der Waals surface area (Å²) >= 11 is 22.7. The summed E-state index contributed by atoms with van der Waals surface area (Å²) in [4.78, 5) is 48.3. The fourth-order valence-electron chi connectivity index (χ4n) is 3.03. The zero-order chi connectivity index (χ0) is 27.0. The van der Waals surface area contributed by atoms with Gasteiger partial charge in [-0.25, -0.2) is 4.79 Å².